The molecule has 0 spiro atoms. The lowest BCUT2D eigenvalue weighted by molar-refractivity contribution is -0.138. The Labute approximate surface area is 145 Å². The molecule has 24 heavy (non-hydrogen) atoms. The minimum atomic E-state index is -0.358. The van der Waals surface area contributed by atoms with E-state index in [-0.39, 0.29) is 17.9 Å². The molecule has 3 rings (SSSR count). The number of carbonyl (C=O) groups is 2. The second-order valence-corrected chi connectivity index (χ2v) is 6.49. The van der Waals surface area contributed by atoms with Gasteiger partial charge in [0.25, 0.3) is 0 Å². The highest BCUT2D eigenvalue weighted by Gasteiger charge is 2.33. The summed E-state index contributed by atoms with van der Waals surface area (Å²) in [5, 5.41) is 3.52. The molecule has 0 radical (unpaired) electrons. The Balaban J connectivity index is 1.62. The van der Waals surface area contributed by atoms with E-state index in [2.05, 4.69) is 15.3 Å². The third-order valence-corrected chi connectivity index (χ3v) is 4.50. The highest BCUT2D eigenvalue weighted by atomic mass is 35.5. The van der Waals surface area contributed by atoms with E-state index in [1.54, 1.807) is 17.0 Å². The predicted molar refractivity (Wildman–Crippen MR) is 92.6 cm³/mol. The number of aromatic amines is 1. The number of nitrogens with one attached hydrogen (secondary N) is 2. The van der Waals surface area contributed by atoms with Gasteiger partial charge >= 0.3 is 0 Å². The summed E-state index contributed by atoms with van der Waals surface area (Å²) in [6, 6.07) is 5.06. The number of imidazole rings is 1. The maximum absolute atomic E-state index is 12.4. The van der Waals surface area contributed by atoms with Crippen LogP contribution < -0.4 is 5.32 Å². The van der Waals surface area contributed by atoms with Crippen LogP contribution in [0.2, 0.25) is 5.02 Å². The fourth-order valence-corrected chi connectivity index (χ4v) is 3.27. The second-order valence-electron chi connectivity index (χ2n) is 6.06. The van der Waals surface area contributed by atoms with Crippen LogP contribution in [-0.2, 0) is 16.1 Å². The number of halogens is 1. The molecule has 2 N–H and O–H groups in total. The lowest BCUT2D eigenvalue weighted by atomic mass is 10.2. The third-order valence-electron chi connectivity index (χ3n) is 4.26. The van der Waals surface area contributed by atoms with Crippen LogP contribution in [0.25, 0.3) is 11.0 Å². The van der Waals surface area contributed by atoms with Gasteiger partial charge in [0.05, 0.1) is 17.6 Å². The molecule has 1 aliphatic heterocycles. The number of likely N-dealkylation sites (tertiary alicyclic amines) is 1. The highest BCUT2D eigenvalue weighted by molar-refractivity contribution is 6.31. The van der Waals surface area contributed by atoms with E-state index in [1.807, 2.05) is 13.0 Å². The van der Waals surface area contributed by atoms with Crippen molar-refractivity contribution in [2.75, 3.05) is 6.54 Å². The molecule has 1 aromatic carbocycles. The second kappa shape index (κ2) is 7.21. The van der Waals surface area contributed by atoms with Crippen LogP contribution in [0, 0.1) is 0 Å². The lowest BCUT2D eigenvalue weighted by Gasteiger charge is -2.23. The number of nitrogens with zero attached hydrogens (tertiary/aromatic N) is 2. The Morgan fingerprint density at radius 2 is 2.29 bits per heavy atom. The first-order valence-corrected chi connectivity index (χ1v) is 8.67. The standard InChI is InChI=1S/C17H21ClN4O2/c1-2-4-16(23)22-8-3-5-14(22)17(24)19-10-15-20-12-7-6-11(18)9-13(12)21-15/h6-7,9,14H,2-5,8,10H2,1H3,(H,19,24)(H,20,21). The number of hydrogen-bond acceptors (Lipinski definition) is 3. The zero-order chi connectivity index (χ0) is 17.1. The predicted octanol–water partition coefficient (Wildman–Crippen LogP) is 2.62. The molecule has 1 aromatic heterocycles. The molecule has 1 aliphatic rings. The molecule has 2 heterocycles. The van der Waals surface area contributed by atoms with Crippen molar-refractivity contribution in [2.24, 2.45) is 0 Å². The SMILES string of the molecule is CCCC(=O)N1CCCC1C(=O)NCc1nc2ccc(Cl)cc2[nH]1. The number of benzene rings is 1. The summed E-state index contributed by atoms with van der Waals surface area (Å²) >= 11 is 5.96. The zero-order valence-electron chi connectivity index (χ0n) is 13.6. The number of carbonyl (C=O) groups excluding carboxylic acids is 2. The molecule has 1 fully saturated rings. The summed E-state index contributed by atoms with van der Waals surface area (Å²) < 4.78 is 0. The largest absolute Gasteiger partial charge is 0.347 e. The van der Waals surface area contributed by atoms with Gasteiger partial charge in [0.2, 0.25) is 11.8 Å². The first kappa shape index (κ1) is 16.8. The van der Waals surface area contributed by atoms with E-state index < -0.39 is 0 Å². The van der Waals surface area contributed by atoms with Gasteiger partial charge in [-0.05, 0) is 37.5 Å². The summed E-state index contributed by atoms with van der Waals surface area (Å²) in [6.07, 6.45) is 2.88. The van der Waals surface area contributed by atoms with Gasteiger partial charge in [-0.1, -0.05) is 18.5 Å². The number of hydrogen-bond donors (Lipinski definition) is 2. The van der Waals surface area contributed by atoms with Gasteiger partial charge in [-0.3, -0.25) is 9.59 Å². The van der Waals surface area contributed by atoms with E-state index in [1.165, 1.54) is 0 Å². The van der Waals surface area contributed by atoms with Crippen LogP contribution >= 0.6 is 11.6 Å². The van der Waals surface area contributed by atoms with Gasteiger partial charge in [-0.2, -0.15) is 0 Å². The topological polar surface area (TPSA) is 78.1 Å². The van der Waals surface area contributed by atoms with E-state index >= 15 is 0 Å². The number of rotatable bonds is 5. The first-order chi connectivity index (χ1) is 11.6. The summed E-state index contributed by atoms with van der Waals surface area (Å²) in [6.45, 7) is 2.94. The van der Waals surface area contributed by atoms with Crippen molar-refractivity contribution in [1.29, 1.82) is 0 Å². The summed E-state index contributed by atoms with van der Waals surface area (Å²) in [5.41, 5.74) is 1.65. The Morgan fingerprint density at radius 3 is 3.08 bits per heavy atom. The van der Waals surface area contributed by atoms with Crippen molar-refractivity contribution in [3.63, 3.8) is 0 Å². The molecule has 0 saturated carbocycles. The minimum Gasteiger partial charge on any atom is -0.347 e. The zero-order valence-corrected chi connectivity index (χ0v) is 14.4. The Hall–Kier alpha value is -2.08. The number of fused-ring (bicyclic) bond motifs is 1. The van der Waals surface area contributed by atoms with Crippen molar-refractivity contribution in [3.05, 3.63) is 29.0 Å². The number of amides is 2. The van der Waals surface area contributed by atoms with Crippen molar-refractivity contribution >= 4 is 34.4 Å². The van der Waals surface area contributed by atoms with Crippen molar-refractivity contribution in [2.45, 2.75) is 45.2 Å². The summed E-state index contributed by atoms with van der Waals surface area (Å²) in [4.78, 5) is 33.8. The maximum Gasteiger partial charge on any atom is 0.243 e. The molecular formula is C17H21ClN4O2. The lowest BCUT2D eigenvalue weighted by Crippen LogP contribution is -2.45. The van der Waals surface area contributed by atoms with Crippen LogP contribution in [-0.4, -0.2) is 39.3 Å². The van der Waals surface area contributed by atoms with Crippen LogP contribution in [0.1, 0.15) is 38.4 Å². The van der Waals surface area contributed by atoms with Gasteiger partial charge < -0.3 is 15.2 Å². The maximum atomic E-state index is 12.4. The van der Waals surface area contributed by atoms with Crippen LogP contribution in [0.15, 0.2) is 18.2 Å². The Kier molecular flexibility index (Phi) is 5.04. The smallest absolute Gasteiger partial charge is 0.243 e. The van der Waals surface area contributed by atoms with Gasteiger partial charge in [0.1, 0.15) is 11.9 Å². The molecule has 0 bridgehead atoms. The van der Waals surface area contributed by atoms with Gasteiger partial charge in [0, 0.05) is 18.0 Å². The number of H-pyrrole nitrogens is 1. The molecule has 0 aliphatic carbocycles. The first-order valence-electron chi connectivity index (χ1n) is 8.30. The van der Waals surface area contributed by atoms with Gasteiger partial charge in [-0.25, -0.2) is 4.98 Å². The quantitative estimate of drug-likeness (QED) is 0.871. The van der Waals surface area contributed by atoms with Crippen LogP contribution in [0.5, 0.6) is 0 Å². The molecule has 1 unspecified atom stereocenters. The molecule has 1 atom stereocenters. The fourth-order valence-electron chi connectivity index (χ4n) is 3.10. The molecule has 2 aromatic rings. The molecule has 1 saturated heterocycles. The van der Waals surface area contributed by atoms with Crippen LogP contribution in [0.3, 0.4) is 0 Å². The van der Waals surface area contributed by atoms with Gasteiger partial charge in [-0.15, -0.1) is 0 Å². The van der Waals surface area contributed by atoms with Crippen molar-refractivity contribution < 1.29 is 9.59 Å². The minimum absolute atomic E-state index is 0.0635. The highest BCUT2D eigenvalue weighted by Crippen LogP contribution is 2.20. The van der Waals surface area contributed by atoms with Crippen LogP contribution in [0.4, 0.5) is 0 Å². The van der Waals surface area contributed by atoms with E-state index in [9.17, 15) is 9.59 Å². The molecule has 6 nitrogen and oxygen atoms in total. The molecule has 128 valence electrons. The van der Waals surface area contributed by atoms with Crippen molar-refractivity contribution in [3.8, 4) is 0 Å². The van der Waals surface area contributed by atoms with E-state index in [0.717, 1.165) is 30.3 Å². The van der Waals surface area contributed by atoms with Crippen molar-refractivity contribution in [1.82, 2.24) is 20.2 Å². The summed E-state index contributed by atoms with van der Waals surface area (Å²) in [7, 11) is 0. The summed E-state index contributed by atoms with van der Waals surface area (Å²) in [5.74, 6) is 0.619. The monoisotopic (exact) mass is 348 g/mol. The van der Waals surface area contributed by atoms with E-state index in [0.29, 0.717) is 30.4 Å². The van der Waals surface area contributed by atoms with Gasteiger partial charge in [0.15, 0.2) is 0 Å². The molecule has 7 heteroatoms. The Morgan fingerprint density at radius 1 is 1.46 bits per heavy atom. The average Bonchev–Trinajstić information content (AvgIpc) is 3.19. The Bertz CT molecular complexity index is 758. The number of aromatic nitrogens is 2. The average molecular weight is 349 g/mol. The normalized spacial score (nSPS) is 17.4. The van der Waals surface area contributed by atoms with E-state index in [4.69, 9.17) is 11.6 Å². The molecular weight excluding hydrogens is 328 g/mol. The third kappa shape index (κ3) is 3.53. The fraction of sp³-hybridized carbons (Fsp3) is 0.471. The molecule has 2 amide bonds.